The van der Waals surface area contributed by atoms with E-state index in [2.05, 4.69) is 20.8 Å². The van der Waals surface area contributed by atoms with E-state index >= 15 is 0 Å². The summed E-state index contributed by atoms with van der Waals surface area (Å²) in [4.78, 5) is 40.8. The number of nitrogens with one attached hydrogen (secondary N) is 2. The van der Waals surface area contributed by atoms with E-state index in [1.807, 2.05) is 36.4 Å². The van der Waals surface area contributed by atoms with Crippen molar-refractivity contribution >= 4 is 34.1 Å². The molecule has 0 unspecified atom stereocenters. The molecule has 0 saturated carbocycles. The maximum Gasteiger partial charge on any atom is 0.312 e. The second-order valence-corrected chi connectivity index (χ2v) is 17.4. The predicted octanol–water partition coefficient (Wildman–Crippen LogP) is 6.54. The highest BCUT2D eigenvalue weighted by Crippen LogP contribution is 2.55. The molecule has 0 radical (unpaired) electrons. The van der Waals surface area contributed by atoms with E-state index in [9.17, 15) is 39.9 Å². The number of phenols is 3. The number of methoxy groups -OCH3 is 1. The number of amides is 1. The third kappa shape index (κ3) is 9.92. The molecule has 0 aliphatic carbocycles. The van der Waals surface area contributed by atoms with Gasteiger partial charge in [0.2, 0.25) is 0 Å². The Morgan fingerprint density at radius 3 is 2.29 bits per heavy atom. The van der Waals surface area contributed by atoms with Crippen molar-refractivity contribution < 1.29 is 58.9 Å². The number of aromatic nitrogens is 2. The number of carbonyl (C=O) groups excluding carboxylic acids is 3. The number of hydrogen-bond donors (Lipinski definition) is 7. The number of aliphatic hydroxyl groups excluding tert-OH is 2. The first-order valence-electron chi connectivity index (χ1n) is 22.0. The summed E-state index contributed by atoms with van der Waals surface area (Å²) >= 11 is 0. The van der Waals surface area contributed by atoms with Gasteiger partial charge in [0.25, 0.3) is 11.7 Å². The van der Waals surface area contributed by atoms with Gasteiger partial charge in [0, 0.05) is 85.0 Å². The maximum absolute atomic E-state index is 14.5. The second-order valence-electron chi connectivity index (χ2n) is 17.4. The van der Waals surface area contributed by atoms with E-state index in [-0.39, 0.29) is 57.4 Å². The Labute approximate surface area is 384 Å². The standard InChI is InChI=1S/C50H60N4O12/c1-25-12-10-13-26(2)49(62)53-40-34(19-22-51-24-32-15-17-33(18-16-32)35-14-11-21-52-54-35)44(59)37-38(45(40)60)43(58)30(6)47-39(37)48(61)50(8,66-47)64-23-20-36(63-9)27(3)46(65-31(7)55)29(5)42(57)28(4)41(25)56/h10-18,20-21,23,25,27-29,36,41-42,46,51,56-60H,19,22,24H2,1-9H3,(H,53,62)/t25-,27+,28+,29+,36-,41-,42+,46+,50-/m0/s1. The summed E-state index contributed by atoms with van der Waals surface area (Å²) in [6, 6.07) is 11.4. The van der Waals surface area contributed by atoms with E-state index in [0.29, 0.717) is 6.54 Å². The summed E-state index contributed by atoms with van der Waals surface area (Å²) < 4.78 is 23.7. The molecule has 352 valence electrons. The van der Waals surface area contributed by atoms with Gasteiger partial charge in [-0.1, -0.05) is 70.2 Å². The van der Waals surface area contributed by atoms with Gasteiger partial charge in [-0.15, -0.1) is 0 Å². The molecule has 0 saturated heterocycles. The van der Waals surface area contributed by atoms with Gasteiger partial charge in [-0.2, -0.15) is 10.2 Å². The Morgan fingerprint density at radius 1 is 0.924 bits per heavy atom. The Hall–Kier alpha value is -6.33. The number of aliphatic hydroxyl groups is 2. The number of ether oxygens (including phenoxy) is 4. The molecule has 9 atom stereocenters. The number of aromatic hydroxyl groups is 3. The molecule has 3 aromatic carbocycles. The van der Waals surface area contributed by atoms with Crippen LogP contribution in [0, 0.1) is 30.6 Å². The van der Waals surface area contributed by atoms with Gasteiger partial charge in [-0.3, -0.25) is 14.4 Å². The number of benzene rings is 3. The van der Waals surface area contributed by atoms with E-state index in [1.54, 1.807) is 46.0 Å². The molecule has 16 nitrogen and oxygen atoms in total. The van der Waals surface area contributed by atoms with E-state index < -0.39 is 88.8 Å². The van der Waals surface area contributed by atoms with Crippen LogP contribution < -0.4 is 15.4 Å². The lowest BCUT2D eigenvalue weighted by molar-refractivity contribution is -0.160. The molecule has 7 rings (SSSR count). The fraction of sp³-hybridized carbons (Fsp3) is 0.420. The molecule has 66 heavy (non-hydrogen) atoms. The predicted molar refractivity (Wildman–Crippen MR) is 247 cm³/mol. The van der Waals surface area contributed by atoms with Crippen LogP contribution in [0.5, 0.6) is 23.0 Å². The zero-order valence-electron chi connectivity index (χ0n) is 38.7. The van der Waals surface area contributed by atoms with Gasteiger partial charge in [0.1, 0.15) is 23.4 Å². The van der Waals surface area contributed by atoms with Crippen LogP contribution in [-0.4, -0.2) is 97.2 Å². The third-order valence-corrected chi connectivity index (χ3v) is 12.8. The fourth-order valence-corrected chi connectivity index (χ4v) is 8.72. The SMILES string of the molecule is CO[C@H]1C=CO[C@@]2(C)Oc3c(C)c(O)c4c(O)c(c(CCNCc5ccc(-c6cccnn6)cc5)c(O)c4c3C2=O)NC(=O)C(C)=CC=C[C@H](C)[C@H](O)[C@@H](C)[C@@H](O)[C@@H](C)[C@H](OC(C)=O)[C@@H]1C. The summed E-state index contributed by atoms with van der Waals surface area (Å²) in [6.07, 6.45) is 5.22. The van der Waals surface area contributed by atoms with Gasteiger partial charge in [-0.25, -0.2) is 0 Å². The molecule has 0 spiro atoms. The lowest BCUT2D eigenvalue weighted by Gasteiger charge is -2.38. The van der Waals surface area contributed by atoms with Gasteiger partial charge in [-0.05, 0) is 50.6 Å². The highest BCUT2D eigenvalue weighted by Gasteiger charge is 2.50. The molecule has 16 heteroatoms. The zero-order valence-corrected chi connectivity index (χ0v) is 38.7. The first-order valence-corrected chi connectivity index (χ1v) is 22.0. The quantitative estimate of drug-likeness (QED) is 0.0430. The number of fused-ring (bicyclic) bond motifs is 14. The van der Waals surface area contributed by atoms with Crippen molar-refractivity contribution in [2.45, 2.75) is 98.6 Å². The number of anilines is 1. The summed E-state index contributed by atoms with van der Waals surface area (Å²) in [6.45, 7) is 13.2. The van der Waals surface area contributed by atoms with Crippen molar-refractivity contribution in [3.05, 3.63) is 101 Å². The lowest BCUT2D eigenvalue weighted by atomic mass is 9.78. The van der Waals surface area contributed by atoms with Gasteiger partial charge >= 0.3 is 11.8 Å². The van der Waals surface area contributed by atoms with Crippen LogP contribution in [0.4, 0.5) is 5.69 Å². The molecular weight excluding hydrogens is 849 g/mol. The normalized spacial score (nSPS) is 26.2. The van der Waals surface area contributed by atoms with Crippen molar-refractivity contribution in [3.8, 4) is 34.3 Å². The third-order valence-electron chi connectivity index (χ3n) is 12.8. The van der Waals surface area contributed by atoms with Crippen LogP contribution >= 0.6 is 0 Å². The lowest BCUT2D eigenvalue weighted by Crippen LogP contribution is -2.46. The Balaban J connectivity index is 1.42. The first kappa shape index (κ1) is 49.1. The van der Waals surface area contributed by atoms with Crippen molar-refractivity contribution in [2.75, 3.05) is 19.0 Å². The molecule has 3 aliphatic heterocycles. The van der Waals surface area contributed by atoms with Crippen molar-refractivity contribution in [1.82, 2.24) is 15.5 Å². The zero-order chi connectivity index (χ0) is 48.2. The monoisotopic (exact) mass is 908 g/mol. The number of hydrogen-bond acceptors (Lipinski definition) is 15. The number of esters is 1. The molecular formula is C50H60N4O12. The molecule has 1 amide bonds. The number of carbonyl (C=O) groups is 3. The van der Waals surface area contributed by atoms with Crippen LogP contribution in [0.3, 0.4) is 0 Å². The fourth-order valence-electron chi connectivity index (χ4n) is 8.72. The molecule has 4 heterocycles. The Kier molecular flexibility index (Phi) is 15.2. The summed E-state index contributed by atoms with van der Waals surface area (Å²) in [7, 11) is 1.44. The van der Waals surface area contributed by atoms with Crippen LogP contribution in [0.15, 0.2) is 78.7 Å². The average Bonchev–Trinajstić information content (AvgIpc) is 3.57. The number of phenolic OH excluding ortho intramolecular Hbond substituents is 3. The summed E-state index contributed by atoms with van der Waals surface area (Å²) in [5.41, 5.74) is 2.55. The van der Waals surface area contributed by atoms with E-state index in [4.69, 9.17) is 18.9 Å². The van der Waals surface area contributed by atoms with Crippen molar-refractivity contribution in [3.63, 3.8) is 0 Å². The van der Waals surface area contributed by atoms with Crippen molar-refractivity contribution in [1.29, 1.82) is 0 Å². The smallest absolute Gasteiger partial charge is 0.312 e. The van der Waals surface area contributed by atoms with E-state index in [0.717, 1.165) is 16.8 Å². The van der Waals surface area contributed by atoms with Crippen LogP contribution in [-0.2, 0) is 36.8 Å². The number of allylic oxidation sites excluding steroid dienone is 2. The Morgan fingerprint density at radius 2 is 1.64 bits per heavy atom. The van der Waals surface area contributed by atoms with Crippen LogP contribution in [0.25, 0.3) is 22.0 Å². The van der Waals surface area contributed by atoms with Crippen molar-refractivity contribution in [2.24, 2.45) is 23.7 Å². The molecule has 4 aromatic rings. The number of rotatable bonds is 8. The van der Waals surface area contributed by atoms with Crippen LogP contribution in [0.1, 0.15) is 75.5 Å². The van der Waals surface area contributed by atoms with E-state index in [1.165, 1.54) is 53.2 Å². The molecule has 3 aliphatic rings. The Bertz CT molecular complexity index is 2540. The minimum Gasteiger partial charge on any atom is -0.507 e. The maximum atomic E-state index is 14.5. The number of nitrogens with zero attached hydrogens (tertiary/aromatic N) is 2. The summed E-state index contributed by atoms with van der Waals surface area (Å²) in [5.74, 6) is -8.19. The number of Topliss-reactive ketones (excluding diaryl/α,β-unsaturated/α-hetero) is 1. The molecule has 0 fully saturated rings. The van der Waals surface area contributed by atoms with Crippen LogP contribution in [0.2, 0.25) is 0 Å². The summed E-state index contributed by atoms with van der Waals surface area (Å²) in [5, 5.41) is 72.6. The minimum absolute atomic E-state index is 0.0310. The second kappa shape index (κ2) is 20.5. The largest absolute Gasteiger partial charge is 0.507 e. The number of ketones is 1. The molecule has 1 aromatic heterocycles. The first-order chi connectivity index (χ1) is 31.3. The highest BCUT2D eigenvalue weighted by molar-refractivity contribution is 6.22. The average molecular weight is 909 g/mol. The highest BCUT2D eigenvalue weighted by atomic mass is 16.7. The molecule has 7 N–H and O–H groups in total. The van der Waals surface area contributed by atoms with Gasteiger partial charge in [0.15, 0.2) is 5.75 Å². The van der Waals surface area contributed by atoms with Gasteiger partial charge < -0.3 is 55.1 Å². The topological polar surface area (TPSA) is 239 Å². The molecule has 5 bridgehead atoms. The minimum atomic E-state index is -2.05. The van der Waals surface area contributed by atoms with Gasteiger partial charge in [0.05, 0.1) is 46.9 Å².